The lowest BCUT2D eigenvalue weighted by Crippen LogP contribution is -2.57. The lowest BCUT2D eigenvalue weighted by atomic mass is 9.66. The molecule has 0 radical (unpaired) electrons. The molecule has 0 saturated carbocycles. The number of hydrogen-bond acceptors (Lipinski definition) is 6. The van der Waals surface area contributed by atoms with Crippen LogP contribution in [-0.4, -0.2) is 87.1 Å². The van der Waals surface area contributed by atoms with Gasteiger partial charge in [-0.15, -0.1) is 24.9 Å². The van der Waals surface area contributed by atoms with Gasteiger partial charge >= 0.3 is 0 Å². The van der Waals surface area contributed by atoms with E-state index < -0.39 is 33.4 Å². The summed E-state index contributed by atoms with van der Waals surface area (Å²) in [6, 6.07) is 6.10. The maximum absolute atomic E-state index is 14.6. The number of benzene rings is 1. The van der Waals surface area contributed by atoms with Crippen molar-refractivity contribution in [2.24, 2.45) is 11.8 Å². The highest BCUT2D eigenvalue weighted by molar-refractivity contribution is 8.02. The van der Waals surface area contributed by atoms with Gasteiger partial charge in [-0.25, -0.2) is 0 Å². The number of hydrogen-bond donors (Lipinski definition) is 1. The van der Waals surface area contributed by atoms with Crippen LogP contribution in [0.2, 0.25) is 0 Å². The third kappa shape index (κ3) is 5.50. The fraction of sp³-hybridized carbons (Fsp3) is 0.606. The molecule has 2 unspecified atom stereocenters. The van der Waals surface area contributed by atoms with Crippen molar-refractivity contribution in [2.75, 3.05) is 37.7 Å². The van der Waals surface area contributed by atoms with E-state index in [1.54, 1.807) is 40.6 Å². The zero-order chi connectivity index (χ0) is 30.7. The Morgan fingerprint density at radius 1 is 1.14 bits per heavy atom. The first-order valence-electron chi connectivity index (χ1n) is 15.3. The molecule has 1 aromatic carbocycles. The van der Waals surface area contributed by atoms with Gasteiger partial charge in [-0.1, -0.05) is 31.9 Å². The average Bonchev–Trinajstić information content (AvgIpc) is 3.55. The maximum Gasteiger partial charge on any atom is 0.247 e. The molecule has 3 heterocycles. The monoisotopic (exact) mass is 597 g/mol. The summed E-state index contributed by atoms with van der Waals surface area (Å²) in [5.41, 5.74) is 0.709. The highest BCUT2D eigenvalue weighted by Gasteiger charge is 2.77. The first-order chi connectivity index (χ1) is 20.1. The molecule has 1 aromatic rings. The van der Waals surface area contributed by atoms with Crippen molar-refractivity contribution >= 4 is 35.2 Å². The number of ether oxygens (including phenoxy) is 1. The van der Waals surface area contributed by atoms with E-state index in [4.69, 9.17) is 4.74 Å². The van der Waals surface area contributed by atoms with E-state index >= 15 is 0 Å². The Kier molecular flexibility index (Phi) is 10.1. The van der Waals surface area contributed by atoms with Gasteiger partial charge in [0.25, 0.3) is 0 Å². The summed E-state index contributed by atoms with van der Waals surface area (Å²) in [5, 5.41) is 10.2. The number of aliphatic hydroxyl groups excluding tert-OH is 1. The van der Waals surface area contributed by atoms with E-state index in [1.165, 1.54) is 0 Å². The number of nitrogens with zero attached hydrogens (tertiary/aromatic N) is 3. The van der Waals surface area contributed by atoms with Crippen LogP contribution in [0.5, 0.6) is 5.75 Å². The SMILES string of the molecule is C=CCN(CCCCC)C(=O)C1N([C@H](C)CO)C(=O)[C@@H]2[C@@H](C(=O)N(CC=C)c3ccc(OCC)cc3)[C@@]3(C)CCC12S3. The van der Waals surface area contributed by atoms with Gasteiger partial charge in [-0.3, -0.25) is 14.4 Å². The highest BCUT2D eigenvalue weighted by atomic mass is 32.2. The number of carbonyl (C=O) groups excluding carboxylic acids is 3. The van der Waals surface area contributed by atoms with E-state index in [0.29, 0.717) is 38.3 Å². The third-order valence-electron chi connectivity index (χ3n) is 9.18. The Morgan fingerprint density at radius 3 is 2.43 bits per heavy atom. The number of thioether (sulfide) groups is 1. The number of carbonyl (C=O) groups is 3. The van der Waals surface area contributed by atoms with Crippen molar-refractivity contribution in [3.05, 3.63) is 49.6 Å². The molecule has 3 saturated heterocycles. The van der Waals surface area contributed by atoms with Crippen LogP contribution in [0.4, 0.5) is 5.69 Å². The topological polar surface area (TPSA) is 90.4 Å². The van der Waals surface area contributed by atoms with Crippen LogP contribution in [0.25, 0.3) is 0 Å². The number of amides is 3. The van der Waals surface area contributed by atoms with Crippen molar-refractivity contribution < 1.29 is 24.2 Å². The van der Waals surface area contributed by atoms with Crippen LogP contribution in [0.3, 0.4) is 0 Å². The number of rotatable bonds is 15. The number of unbranched alkanes of at least 4 members (excludes halogenated alkanes) is 2. The number of likely N-dealkylation sites (tertiary alicyclic amines) is 1. The van der Waals surface area contributed by atoms with E-state index in [0.717, 1.165) is 31.4 Å². The molecule has 3 amide bonds. The summed E-state index contributed by atoms with van der Waals surface area (Å²) >= 11 is 1.65. The Bertz CT molecular complexity index is 1170. The third-order valence-corrected chi connectivity index (χ3v) is 11.2. The fourth-order valence-electron chi connectivity index (χ4n) is 7.26. The van der Waals surface area contributed by atoms with Crippen molar-refractivity contribution in [3.8, 4) is 5.75 Å². The van der Waals surface area contributed by atoms with Gasteiger partial charge < -0.3 is 24.5 Å². The molecule has 0 aromatic heterocycles. The molecule has 3 fully saturated rings. The summed E-state index contributed by atoms with van der Waals surface area (Å²) in [6.07, 6.45) is 7.72. The molecule has 3 aliphatic heterocycles. The average molecular weight is 598 g/mol. The first-order valence-corrected chi connectivity index (χ1v) is 16.1. The van der Waals surface area contributed by atoms with E-state index in [1.807, 2.05) is 36.1 Å². The predicted molar refractivity (Wildman–Crippen MR) is 169 cm³/mol. The van der Waals surface area contributed by atoms with E-state index in [-0.39, 0.29) is 24.3 Å². The predicted octanol–water partition coefficient (Wildman–Crippen LogP) is 4.67. The van der Waals surface area contributed by atoms with Gasteiger partial charge in [-0.2, -0.15) is 0 Å². The Labute approximate surface area is 255 Å². The number of anilines is 1. The van der Waals surface area contributed by atoms with Crippen LogP contribution in [0, 0.1) is 11.8 Å². The molecule has 4 rings (SSSR count). The van der Waals surface area contributed by atoms with Gasteiger partial charge in [0, 0.05) is 30.1 Å². The van der Waals surface area contributed by atoms with E-state index in [2.05, 4.69) is 27.0 Å². The Hall–Kier alpha value is -2.78. The van der Waals surface area contributed by atoms with Gasteiger partial charge in [0.15, 0.2) is 0 Å². The summed E-state index contributed by atoms with van der Waals surface area (Å²) in [4.78, 5) is 48.5. The van der Waals surface area contributed by atoms with Crippen LogP contribution < -0.4 is 9.64 Å². The number of fused-ring (bicyclic) bond motifs is 1. The van der Waals surface area contributed by atoms with Gasteiger partial charge in [0.2, 0.25) is 17.7 Å². The molecule has 42 heavy (non-hydrogen) atoms. The molecule has 230 valence electrons. The van der Waals surface area contributed by atoms with Crippen molar-refractivity contribution in [3.63, 3.8) is 0 Å². The minimum absolute atomic E-state index is 0.110. The van der Waals surface area contributed by atoms with E-state index in [9.17, 15) is 19.5 Å². The molecule has 1 N–H and O–H groups in total. The van der Waals surface area contributed by atoms with Crippen LogP contribution >= 0.6 is 11.8 Å². The minimum atomic E-state index is -0.748. The molecule has 9 heteroatoms. The molecular weight excluding hydrogens is 550 g/mol. The van der Waals surface area contributed by atoms with Crippen molar-refractivity contribution in [1.82, 2.24) is 9.80 Å². The Morgan fingerprint density at radius 2 is 1.83 bits per heavy atom. The fourth-order valence-corrected chi connectivity index (χ4v) is 9.59. The molecule has 3 aliphatic rings. The second-order valence-electron chi connectivity index (χ2n) is 11.9. The molecule has 6 atom stereocenters. The molecule has 1 spiro atoms. The minimum Gasteiger partial charge on any atom is -0.494 e. The van der Waals surface area contributed by atoms with Gasteiger partial charge in [0.05, 0.1) is 35.8 Å². The molecule has 8 nitrogen and oxygen atoms in total. The normalized spacial score (nSPS) is 28.4. The van der Waals surface area contributed by atoms with Crippen molar-refractivity contribution in [2.45, 2.75) is 81.4 Å². The standard InChI is InChI=1S/C33H47N3O5S/c1-7-11-12-21-34(19-8-2)31(40)28-33-18-17-32(6,42-33)26(27(33)30(39)36(28)23(5)22-37)29(38)35(20-9-3)24-13-15-25(16-14-24)41-10-4/h8-9,13-16,23,26-28,37H,2-3,7,10-12,17-22H2,1,4-6H3/t23-,26+,27+,28?,32-,33?/m1/s1. The zero-order valence-corrected chi connectivity index (χ0v) is 26.4. The van der Waals surface area contributed by atoms with Crippen molar-refractivity contribution in [1.29, 1.82) is 0 Å². The highest BCUT2D eigenvalue weighted by Crippen LogP contribution is 2.72. The largest absolute Gasteiger partial charge is 0.494 e. The molecule has 0 aliphatic carbocycles. The van der Waals surface area contributed by atoms with Crippen LogP contribution in [0.15, 0.2) is 49.6 Å². The molecular formula is C33H47N3O5S. The van der Waals surface area contributed by atoms with Crippen LogP contribution in [0.1, 0.15) is 59.8 Å². The second-order valence-corrected chi connectivity index (χ2v) is 13.8. The maximum atomic E-state index is 14.6. The van der Waals surface area contributed by atoms with Crippen LogP contribution in [-0.2, 0) is 14.4 Å². The van der Waals surface area contributed by atoms with Gasteiger partial charge in [0.1, 0.15) is 11.8 Å². The Balaban J connectivity index is 1.75. The smallest absolute Gasteiger partial charge is 0.247 e. The summed E-state index contributed by atoms with van der Waals surface area (Å²) < 4.78 is 4.35. The van der Waals surface area contributed by atoms with Gasteiger partial charge in [-0.05, 0) is 64.3 Å². The zero-order valence-electron chi connectivity index (χ0n) is 25.6. The first kappa shape index (κ1) is 32.1. The summed E-state index contributed by atoms with van der Waals surface area (Å²) in [6.45, 7) is 17.2. The quantitative estimate of drug-likeness (QED) is 0.234. The summed E-state index contributed by atoms with van der Waals surface area (Å²) in [7, 11) is 0. The number of aliphatic hydroxyl groups is 1. The lowest BCUT2D eigenvalue weighted by molar-refractivity contribution is -0.145. The second kappa shape index (κ2) is 13.2. The summed E-state index contributed by atoms with van der Waals surface area (Å²) in [5.74, 6) is -1.01. The molecule has 2 bridgehead atoms. The lowest BCUT2D eigenvalue weighted by Gasteiger charge is -2.39.